The molecule has 0 radical (unpaired) electrons. The van der Waals surface area contributed by atoms with Gasteiger partial charge in [-0.15, -0.1) is 0 Å². The summed E-state index contributed by atoms with van der Waals surface area (Å²) >= 11 is 0. The van der Waals surface area contributed by atoms with Gasteiger partial charge in [0, 0.05) is 19.4 Å². The van der Waals surface area contributed by atoms with E-state index in [1.807, 2.05) is 20.2 Å². The monoisotopic (exact) mass is 189 g/mol. The van der Waals surface area contributed by atoms with E-state index in [0.717, 1.165) is 11.3 Å². The molecule has 2 rings (SSSR count). The lowest BCUT2D eigenvalue weighted by Crippen LogP contribution is -1.94. The van der Waals surface area contributed by atoms with Crippen molar-refractivity contribution in [3.05, 3.63) is 24.2 Å². The molecule has 5 heteroatoms. The summed E-state index contributed by atoms with van der Waals surface area (Å²) in [6, 6.07) is 1.66. The lowest BCUT2D eigenvalue weighted by Gasteiger charge is -1.97. The number of hydrogen-bond donors (Lipinski definition) is 1. The zero-order valence-electron chi connectivity index (χ0n) is 8.10. The molecule has 2 N–H and O–H groups in total. The molecule has 0 fully saturated rings. The third kappa shape index (κ3) is 1.44. The molecule has 0 atom stereocenters. The molecule has 72 valence electrons. The summed E-state index contributed by atoms with van der Waals surface area (Å²) in [5.41, 5.74) is 7.39. The second-order valence-electron chi connectivity index (χ2n) is 3.11. The van der Waals surface area contributed by atoms with Crippen molar-refractivity contribution in [2.24, 2.45) is 7.05 Å². The van der Waals surface area contributed by atoms with Gasteiger partial charge in [0.15, 0.2) is 5.82 Å². The summed E-state index contributed by atoms with van der Waals surface area (Å²) < 4.78 is 1.73. The van der Waals surface area contributed by atoms with Gasteiger partial charge in [0.1, 0.15) is 5.82 Å². The maximum absolute atomic E-state index is 5.57. The van der Waals surface area contributed by atoms with Crippen molar-refractivity contribution < 1.29 is 0 Å². The Kier molecular flexibility index (Phi) is 1.92. The lowest BCUT2D eigenvalue weighted by molar-refractivity contribution is 0.756. The van der Waals surface area contributed by atoms with Crippen LogP contribution in [-0.2, 0) is 7.05 Å². The van der Waals surface area contributed by atoms with Crippen LogP contribution in [0.2, 0.25) is 0 Å². The Labute approximate surface area is 81.6 Å². The average Bonchev–Trinajstić information content (AvgIpc) is 2.45. The molecule has 14 heavy (non-hydrogen) atoms. The lowest BCUT2D eigenvalue weighted by atomic mass is 10.2. The molecule has 0 aliphatic heterocycles. The molecule has 5 nitrogen and oxygen atoms in total. The van der Waals surface area contributed by atoms with Crippen molar-refractivity contribution in [1.82, 2.24) is 19.7 Å². The topological polar surface area (TPSA) is 69.6 Å². The van der Waals surface area contributed by atoms with Crippen LogP contribution in [0.4, 0.5) is 5.82 Å². The first kappa shape index (κ1) is 8.68. The van der Waals surface area contributed by atoms with Gasteiger partial charge in [-0.05, 0) is 13.0 Å². The summed E-state index contributed by atoms with van der Waals surface area (Å²) in [7, 11) is 1.86. The zero-order chi connectivity index (χ0) is 10.1. The first-order chi connectivity index (χ1) is 6.66. The van der Waals surface area contributed by atoms with E-state index in [9.17, 15) is 0 Å². The van der Waals surface area contributed by atoms with Crippen molar-refractivity contribution in [3.8, 4) is 11.4 Å². The van der Waals surface area contributed by atoms with Gasteiger partial charge in [-0.25, -0.2) is 9.97 Å². The smallest absolute Gasteiger partial charge is 0.164 e. The quantitative estimate of drug-likeness (QED) is 0.719. The Morgan fingerprint density at radius 1 is 1.43 bits per heavy atom. The predicted octanol–water partition coefficient (Wildman–Crippen LogP) is 0.768. The van der Waals surface area contributed by atoms with Crippen LogP contribution >= 0.6 is 0 Å². The van der Waals surface area contributed by atoms with Crippen molar-refractivity contribution in [2.75, 3.05) is 5.73 Å². The Hall–Kier alpha value is -1.91. The summed E-state index contributed by atoms with van der Waals surface area (Å²) in [6.07, 6.45) is 3.52. The number of nitrogens with zero attached hydrogens (tertiary/aromatic N) is 4. The Bertz CT molecular complexity index is 460. The van der Waals surface area contributed by atoms with Crippen molar-refractivity contribution in [2.45, 2.75) is 6.92 Å². The van der Waals surface area contributed by atoms with Gasteiger partial charge in [0.25, 0.3) is 0 Å². The first-order valence-corrected chi connectivity index (χ1v) is 4.26. The molecule has 0 unspecified atom stereocenters. The van der Waals surface area contributed by atoms with Gasteiger partial charge >= 0.3 is 0 Å². The van der Waals surface area contributed by atoms with Gasteiger partial charge < -0.3 is 5.73 Å². The Balaban J connectivity index is 2.54. The van der Waals surface area contributed by atoms with Crippen LogP contribution in [0.25, 0.3) is 11.4 Å². The molecule has 0 saturated carbocycles. The number of hydrogen-bond acceptors (Lipinski definition) is 4. The summed E-state index contributed by atoms with van der Waals surface area (Å²) in [5.74, 6) is 1.09. The van der Waals surface area contributed by atoms with E-state index in [4.69, 9.17) is 5.73 Å². The van der Waals surface area contributed by atoms with Crippen molar-refractivity contribution >= 4 is 5.82 Å². The van der Waals surface area contributed by atoms with Crippen LogP contribution in [0.1, 0.15) is 5.69 Å². The Morgan fingerprint density at radius 2 is 2.21 bits per heavy atom. The van der Waals surface area contributed by atoms with Gasteiger partial charge in [-0.3, -0.25) is 4.68 Å². The summed E-state index contributed by atoms with van der Waals surface area (Å²) in [4.78, 5) is 8.27. The molecule has 2 aromatic heterocycles. The Morgan fingerprint density at radius 3 is 2.79 bits per heavy atom. The van der Waals surface area contributed by atoms with E-state index in [-0.39, 0.29) is 0 Å². The highest BCUT2D eigenvalue weighted by atomic mass is 15.3. The third-order valence-corrected chi connectivity index (χ3v) is 1.93. The SMILES string of the molecule is Cc1nn(C)cc1-c1nccc(N)n1. The minimum Gasteiger partial charge on any atom is -0.384 e. The van der Waals surface area contributed by atoms with E-state index in [2.05, 4.69) is 15.1 Å². The number of nitrogen functional groups attached to an aromatic ring is 1. The highest BCUT2D eigenvalue weighted by Gasteiger charge is 2.08. The molecule has 0 bridgehead atoms. The highest BCUT2D eigenvalue weighted by Crippen LogP contribution is 2.17. The van der Waals surface area contributed by atoms with Crippen LogP contribution in [0.3, 0.4) is 0 Å². The van der Waals surface area contributed by atoms with Crippen molar-refractivity contribution in [3.63, 3.8) is 0 Å². The van der Waals surface area contributed by atoms with Gasteiger partial charge in [-0.2, -0.15) is 5.10 Å². The number of nitrogens with two attached hydrogens (primary N) is 1. The number of aromatic nitrogens is 4. The number of rotatable bonds is 1. The maximum Gasteiger partial charge on any atom is 0.164 e. The van der Waals surface area contributed by atoms with Crippen LogP contribution in [0.15, 0.2) is 18.5 Å². The predicted molar refractivity (Wildman–Crippen MR) is 53.4 cm³/mol. The molecule has 0 saturated heterocycles. The minimum absolute atomic E-state index is 0.471. The molecule has 0 amide bonds. The second-order valence-corrected chi connectivity index (χ2v) is 3.11. The van der Waals surface area contributed by atoms with Crippen LogP contribution in [0, 0.1) is 6.92 Å². The standard InChI is InChI=1S/C9H11N5/c1-6-7(5-14(2)13-6)9-11-4-3-8(10)12-9/h3-5H,1-2H3,(H2,10,11,12). The molecule has 2 heterocycles. The fourth-order valence-corrected chi connectivity index (χ4v) is 1.32. The molecular weight excluding hydrogens is 178 g/mol. The zero-order valence-corrected chi connectivity index (χ0v) is 8.10. The number of aryl methyl sites for hydroxylation is 2. The van der Waals surface area contributed by atoms with Crippen LogP contribution < -0.4 is 5.73 Å². The van der Waals surface area contributed by atoms with Crippen LogP contribution in [-0.4, -0.2) is 19.7 Å². The normalized spacial score (nSPS) is 10.4. The second kappa shape index (κ2) is 3.10. The third-order valence-electron chi connectivity index (χ3n) is 1.93. The van der Waals surface area contributed by atoms with E-state index in [1.165, 1.54) is 0 Å². The fraction of sp³-hybridized carbons (Fsp3) is 0.222. The van der Waals surface area contributed by atoms with Crippen molar-refractivity contribution in [1.29, 1.82) is 0 Å². The molecule has 0 spiro atoms. The first-order valence-electron chi connectivity index (χ1n) is 4.26. The summed E-state index contributed by atoms with van der Waals surface area (Å²) in [6.45, 7) is 1.92. The van der Waals surface area contributed by atoms with Gasteiger partial charge in [-0.1, -0.05) is 0 Å². The van der Waals surface area contributed by atoms with Crippen LogP contribution in [0.5, 0.6) is 0 Å². The molecular formula is C9H11N5. The molecule has 0 aromatic carbocycles. The molecule has 0 aliphatic carbocycles. The van der Waals surface area contributed by atoms with E-state index in [0.29, 0.717) is 11.6 Å². The van der Waals surface area contributed by atoms with Gasteiger partial charge in [0.05, 0.1) is 11.3 Å². The van der Waals surface area contributed by atoms with Gasteiger partial charge in [0.2, 0.25) is 0 Å². The van der Waals surface area contributed by atoms with E-state index in [1.54, 1.807) is 16.9 Å². The average molecular weight is 189 g/mol. The largest absolute Gasteiger partial charge is 0.384 e. The summed E-state index contributed by atoms with van der Waals surface area (Å²) in [5, 5.41) is 4.21. The minimum atomic E-state index is 0.471. The van der Waals surface area contributed by atoms with E-state index < -0.39 is 0 Å². The molecule has 2 aromatic rings. The van der Waals surface area contributed by atoms with E-state index >= 15 is 0 Å². The fourth-order valence-electron chi connectivity index (χ4n) is 1.32. The highest BCUT2D eigenvalue weighted by molar-refractivity contribution is 5.57. The molecule has 0 aliphatic rings. The number of anilines is 1. The maximum atomic E-state index is 5.57.